The number of hydrogen-bond donors (Lipinski definition) is 0. The topological polar surface area (TPSA) is 76.9 Å². The third-order valence-electron chi connectivity index (χ3n) is 7.10. The van der Waals surface area contributed by atoms with Gasteiger partial charge in [0.15, 0.2) is 0 Å². The van der Waals surface area contributed by atoms with Crippen LogP contribution in [-0.4, -0.2) is 65.9 Å². The summed E-state index contributed by atoms with van der Waals surface area (Å²) in [6.45, 7) is 2.48. The summed E-state index contributed by atoms with van der Waals surface area (Å²) in [5.41, 5.74) is 3.32. The van der Waals surface area contributed by atoms with Gasteiger partial charge in [-0.15, -0.1) is 0 Å². The quantitative estimate of drug-likeness (QED) is 0.348. The third-order valence-corrected chi connectivity index (χ3v) is 7.10. The van der Waals surface area contributed by atoms with Gasteiger partial charge >= 0.3 is 0 Å². The number of methoxy groups -OCH3 is 2. The number of carbonyl (C=O) groups is 1. The molecule has 0 unspecified atom stereocenters. The van der Waals surface area contributed by atoms with Gasteiger partial charge in [-0.1, -0.05) is 60.7 Å². The van der Waals surface area contributed by atoms with Crippen molar-refractivity contribution in [2.24, 2.45) is 0 Å². The number of benzene rings is 3. The van der Waals surface area contributed by atoms with Crippen molar-refractivity contribution in [1.82, 2.24) is 19.6 Å². The molecule has 1 aromatic heterocycles. The fraction of sp³-hybridized carbons (Fsp3) is 0.258. The highest BCUT2D eigenvalue weighted by atomic mass is 16.5. The van der Waals surface area contributed by atoms with Crippen LogP contribution in [0.4, 0.5) is 0 Å². The van der Waals surface area contributed by atoms with Crippen molar-refractivity contribution in [2.45, 2.75) is 12.6 Å². The summed E-state index contributed by atoms with van der Waals surface area (Å²) in [6.07, 6.45) is 0. The molecular formula is C31H32N4O4. The molecule has 8 nitrogen and oxygen atoms in total. The van der Waals surface area contributed by atoms with E-state index in [0.29, 0.717) is 35.8 Å². The van der Waals surface area contributed by atoms with Crippen LogP contribution in [0.3, 0.4) is 0 Å². The Labute approximate surface area is 228 Å². The van der Waals surface area contributed by atoms with E-state index in [1.807, 2.05) is 17.0 Å². The van der Waals surface area contributed by atoms with Crippen LogP contribution >= 0.6 is 0 Å². The summed E-state index contributed by atoms with van der Waals surface area (Å²) >= 11 is 0. The molecule has 8 heteroatoms. The molecule has 2 heterocycles. The number of hydrogen-bond acceptors (Lipinski definition) is 6. The lowest BCUT2D eigenvalue weighted by atomic mass is 9.96. The highest BCUT2D eigenvalue weighted by Gasteiger charge is 2.28. The summed E-state index contributed by atoms with van der Waals surface area (Å²) < 4.78 is 12.0. The molecule has 0 spiro atoms. The molecule has 0 aliphatic carbocycles. The van der Waals surface area contributed by atoms with Crippen molar-refractivity contribution in [3.05, 3.63) is 112 Å². The molecule has 1 saturated heterocycles. The molecular weight excluding hydrogens is 492 g/mol. The van der Waals surface area contributed by atoms with Gasteiger partial charge in [0.1, 0.15) is 18.0 Å². The Morgan fingerprint density at radius 2 is 1.46 bits per heavy atom. The number of piperazine rings is 1. The molecule has 0 radical (unpaired) electrons. The van der Waals surface area contributed by atoms with Gasteiger partial charge in [-0.3, -0.25) is 14.5 Å². The lowest BCUT2D eigenvalue weighted by molar-refractivity contribution is -0.134. The second kappa shape index (κ2) is 12.0. The average molecular weight is 525 g/mol. The maximum absolute atomic E-state index is 13.3. The predicted molar refractivity (Wildman–Crippen MR) is 150 cm³/mol. The first-order valence-electron chi connectivity index (χ1n) is 13.0. The van der Waals surface area contributed by atoms with Crippen LogP contribution in [0.15, 0.2) is 95.8 Å². The number of aromatic nitrogens is 2. The van der Waals surface area contributed by atoms with E-state index in [4.69, 9.17) is 9.47 Å². The molecule has 3 aromatic carbocycles. The minimum atomic E-state index is -0.333. The van der Waals surface area contributed by atoms with E-state index in [1.165, 1.54) is 21.9 Å². The molecule has 4 aromatic rings. The van der Waals surface area contributed by atoms with Crippen LogP contribution in [-0.2, 0) is 11.3 Å². The molecule has 5 rings (SSSR count). The molecule has 1 amide bonds. The minimum Gasteiger partial charge on any atom is -0.497 e. The maximum Gasteiger partial charge on any atom is 0.267 e. The van der Waals surface area contributed by atoms with Crippen molar-refractivity contribution < 1.29 is 14.3 Å². The molecule has 1 aliphatic heterocycles. The lowest BCUT2D eigenvalue weighted by Gasteiger charge is -2.39. The van der Waals surface area contributed by atoms with Crippen LogP contribution in [0.2, 0.25) is 0 Å². The Hall–Kier alpha value is -4.43. The summed E-state index contributed by atoms with van der Waals surface area (Å²) in [5, 5.41) is 4.49. The minimum absolute atomic E-state index is 0.114. The Balaban J connectivity index is 1.30. The number of rotatable bonds is 8. The highest BCUT2D eigenvalue weighted by Crippen LogP contribution is 2.32. The van der Waals surface area contributed by atoms with Crippen LogP contribution in [0.5, 0.6) is 11.5 Å². The lowest BCUT2D eigenvalue weighted by Crippen LogP contribution is -2.51. The largest absolute Gasteiger partial charge is 0.497 e. The van der Waals surface area contributed by atoms with Crippen molar-refractivity contribution >= 4 is 5.91 Å². The first-order chi connectivity index (χ1) is 19.1. The van der Waals surface area contributed by atoms with Crippen LogP contribution < -0.4 is 15.0 Å². The van der Waals surface area contributed by atoms with Crippen LogP contribution in [0, 0.1) is 0 Å². The number of nitrogens with zero attached hydrogens (tertiary/aromatic N) is 4. The molecule has 0 saturated carbocycles. The smallest absolute Gasteiger partial charge is 0.267 e. The normalized spacial score (nSPS) is 13.9. The molecule has 0 atom stereocenters. The van der Waals surface area contributed by atoms with Crippen LogP contribution in [0.1, 0.15) is 17.2 Å². The number of amides is 1. The van der Waals surface area contributed by atoms with Gasteiger partial charge < -0.3 is 14.4 Å². The van der Waals surface area contributed by atoms with Crippen molar-refractivity contribution in [3.63, 3.8) is 0 Å². The number of carbonyl (C=O) groups excluding carboxylic acids is 1. The molecule has 0 N–H and O–H groups in total. The fourth-order valence-corrected chi connectivity index (χ4v) is 5.06. The Kier molecular flexibility index (Phi) is 8.03. The van der Waals surface area contributed by atoms with Gasteiger partial charge in [0.05, 0.1) is 26.0 Å². The van der Waals surface area contributed by atoms with Gasteiger partial charge in [0.25, 0.3) is 5.56 Å². The van der Waals surface area contributed by atoms with Gasteiger partial charge in [0, 0.05) is 37.8 Å². The van der Waals surface area contributed by atoms with Crippen molar-refractivity contribution in [1.29, 1.82) is 0 Å². The monoisotopic (exact) mass is 524 g/mol. The molecule has 39 heavy (non-hydrogen) atoms. The standard InChI is InChI=1S/C31H32N4O4/c1-38-25-13-15-28(39-2)26(21-25)27-14-16-29(36)35(32-27)22-30(37)33-17-19-34(20-18-33)31(23-9-5-3-6-10-23)24-11-7-4-8-12-24/h3-16,21,31H,17-20,22H2,1-2H3. The maximum atomic E-state index is 13.3. The molecule has 1 fully saturated rings. The van der Waals surface area contributed by atoms with Gasteiger partial charge in [-0.2, -0.15) is 5.10 Å². The van der Waals surface area contributed by atoms with E-state index in [1.54, 1.807) is 38.5 Å². The van der Waals surface area contributed by atoms with Gasteiger partial charge in [-0.25, -0.2) is 4.68 Å². The second-order valence-corrected chi connectivity index (χ2v) is 9.42. The van der Waals surface area contributed by atoms with E-state index in [9.17, 15) is 9.59 Å². The first kappa shape index (κ1) is 26.2. The van der Waals surface area contributed by atoms with Crippen molar-refractivity contribution in [2.75, 3.05) is 40.4 Å². The number of ether oxygens (including phenoxy) is 2. The zero-order valence-corrected chi connectivity index (χ0v) is 22.2. The summed E-state index contributed by atoms with van der Waals surface area (Å²) in [4.78, 5) is 30.1. The van der Waals surface area contributed by atoms with E-state index < -0.39 is 0 Å². The predicted octanol–water partition coefficient (Wildman–Crippen LogP) is 3.86. The molecule has 1 aliphatic rings. The third kappa shape index (κ3) is 5.86. The fourth-order valence-electron chi connectivity index (χ4n) is 5.06. The van der Waals surface area contributed by atoms with E-state index >= 15 is 0 Å². The average Bonchev–Trinajstić information content (AvgIpc) is 2.99. The summed E-state index contributed by atoms with van der Waals surface area (Å²) in [5.74, 6) is 1.11. The Morgan fingerprint density at radius 1 is 0.821 bits per heavy atom. The SMILES string of the molecule is COc1ccc(OC)c(-c2ccc(=O)n(CC(=O)N3CCN(C(c4ccccc4)c4ccccc4)CC3)n2)c1. The zero-order valence-electron chi connectivity index (χ0n) is 22.2. The highest BCUT2D eigenvalue weighted by molar-refractivity contribution is 5.76. The molecule has 0 bridgehead atoms. The Morgan fingerprint density at radius 3 is 2.05 bits per heavy atom. The summed E-state index contributed by atoms with van der Waals surface area (Å²) in [7, 11) is 3.16. The summed E-state index contributed by atoms with van der Waals surface area (Å²) in [6, 6.07) is 29.4. The Bertz CT molecular complexity index is 1430. The zero-order chi connectivity index (χ0) is 27.2. The molecule has 200 valence electrons. The van der Waals surface area contributed by atoms with E-state index in [2.05, 4.69) is 58.5 Å². The van der Waals surface area contributed by atoms with E-state index in [0.717, 1.165) is 13.1 Å². The van der Waals surface area contributed by atoms with E-state index in [-0.39, 0.29) is 24.1 Å². The first-order valence-corrected chi connectivity index (χ1v) is 13.0. The van der Waals surface area contributed by atoms with Gasteiger partial charge in [-0.05, 0) is 35.4 Å². The van der Waals surface area contributed by atoms with Crippen molar-refractivity contribution in [3.8, 4) is 22.8 Å². The van der Waals surface area contributed by atoms with Gasteiger partial charge in [0.2, 0.25) is 5.91 Å². The second-order valence-electron chi connectivity index (χ2n) is 9.42. The van der Waals surface area contributed by atoms with Crippen LogP contribution in [0.25, 0.3) is 11.3 Å².